The first kappa shape index (κ1) is 30.8. The molecular formula is C16H32F6NO5PS2. The number of rotatable bonds is 14. The van der Waals surface area contributed by atoms with Gasteiger partial charge in [-0.2, -0.15) is 0 Å². The van der Waals surface area contributed by atoms with Gasteiger partial charge in [0.25, 0.3) is 0 Å². The molecule has 0 radical (unpaired) electrons. The van der Waals surface area contributed by atoms with Gasteiger partial charge < -0.3 is 0 Å². The van der Waals surface area contributed by atoms with Crippen LogP contribution in [0.3, 0.4) is 0 Å². The van der Waals surface area contributed by atoms with E-state index in [9.17, 15) is 48.3 Å². The molecule has 0 fully saturated rings. The molecule has 31 heavy (non-hydrogen) atoms. The van der Waals surface area contributed by atoms with E-state index >= 15 is 0 Å². The molecule has 0 bridgehead atoms. The number of halogens is 6. The molecule has 0 spiro atoms. The summed E-state index contributed by atoms with van der Waals surface area (Å²) in [7, 11) is -13.9. The van der Waals surface area contributed by atoms with Gasteiger partial charge in [-0.3, -0.25) is 0 Å². The molecule has 0 aliphatic rings. The van der Waals surface area contributed by atoms with Gasteiger partial charge in [0.15, 0.2) is 0 Å². The molecule has 0 amide bonds. The maximum atomic E-state index is 13.6. The monoisotopic (exact) mass is 527 g/mol. The summed E-state index contributed by atoms with van der Waals surface area (Å²) >= 11 is 0. The van der Waals surface area contributed by atoms with Crippen LogP contribution in [0.25, 0.3) is 0 Å². The van der Waals surface area contributed by atoms with Crippen molar-refractivity contribution in [3.05, 3.63) is 0 Å². The van der Waals surface area contributed by atoms with Crippen molar-refractivity contribution in [3.63, 3.8) is 0 Å². The third-order valence-electron chi connectivity index (χ3n) is 5.39. The number of nitrogens with zero attached hydrogens (tertiary/aromatic N) is 1. The van der Waals surface area contributed by atoms with E-state index in [0.717, 1.165) is 0 Å². The van der Waals surface area contributed by atoms with E-state index in [4.69, 9.17) is 0 Å². The second-order valence-corrected chi connectivity index (χ2v) is 18.0. The second-order valence-electron chi connectivity index (χ2n) is 7.67. The van der Waals surface area contributed by atoms with Crippen LogP contribution in [0.5, 0.6) is 0 Å². The summed E-state index contributed by atoms with van der Waals surface area (Å²) in [4.78, 5) is 0. The first-order valence-electron chi connectivity index (χ1n) is 9.98. The fourth-order valence-electron chi connectivity index (χ4n) is 3.86. The van der Waals surface area contributed by atoms with Crippen LogP contribution in [-0.4, -0.2) is 67.7 Å². The van der Waals surface area contributed by atoms with E-state index in [1.807, 2.05) is 0 Å². The molecule has 0 aromatic heterocycles. The molecule has 0 rings (SSSR count). The van der Waals surface area contributed by atoms with Crippen molar-refractivity contribution in [1.82, 2.24) is 3.48 Å². The molecule has 0 atom stereocenters. The van der Waals surface area contributed by atoms with Gasteiger partial charge in [0, 0.05) is 0 Å². The zero-order valence-corrected chi connectivity index (χ0v) is 20.4. The topological polar surface area (TPSA) is 91.8 Å². The standard InChI is InChI=1S/C16H32F6NO5PS2/c1-4-7-11-29(14-10-24,12-8-5-2,13-9-6-3)23(30(25,26)15(17,18)19)31(27,28)16(20,21)22/h24H,4-14H2,1-3H3. The molecule has 15 heteroatoms. The molecule has 0 aliphatic carbocycles. The zero-order chi connectivity index (χ0) is 24.8. The first-order chi connectivity index (χ1) is 13.9. The summed E-state index contributed by atoms with van der Waals surface area (Å²) in [6.45, 7) is -1.21. The van der Waals surface area contributed by atoms with E-state index in [-0.39, 0.29) is 38.5 Å². The van der Waals surface area contributed by atoms with Crippen LogP contribution in [-0.2, 0) is 20.0 Å². The Morgan fingerprint density at radius 3 is 1.16 bits per heavy atom. The zero-order valence-electron chi connectivity index (χ0n) is 17.8. The number of sulfonamides is 2. The number of alkyl halides is 6. The molecule has 0 saturated carbocycles. The predicted octanol–water partition coefficient (Wildman–Crippen LogP) is 4.85. The van der Waals surface area contributed by atoms with Gasteiger partial charge in [-0.15, -0.1) is 0 Å². The van der Waals surface area contributed by atoms with Gasteiger partial charge in [0.05, 0.1) is 0 Å². The van der Waals surface area contributed by atoms with Gasteiger partial charge in [0.2, 0.25) is 0 Å². The third kappa shape index (κ3) is 6.24. The SMILES string of the molecule is CCCCP(CCO)(CCCC)(CCCC)N(S(=O)(=O)C(F)(F)F)S(=O)(=O)C(F)(F)F. The molecule has 0 saturated heterocycles. The number of unbranched alkanes of at least 4 members (excludes halogenated alkanes) is 3. The van der Waals surface area contributed by atoms with Gasteiger partial charge in [0.1, 0.15) is 0 Å². The van der Waals surface area contributed by atoms with Crippen LogP contribution in [0.2, 0.25) is 0 Å². The summed E-state index contributed by atoms with van der Waals surface area (Å²) in [5.74, 6) is 0. The Morgan fingerprint density at radius 1 is 0.677 bits per heavy atom. The van der Waals surface area contributed by atoms with E-state index < -0.39 is 72.6 Å². The minimum atomic E-state index is -6.94. The number of hydrogen-bond donors (Lipinski definition) is 1. The summed E-state index contributed by atoms with van der Waals surface area (Å²) in [6.07, 6.45) is -1.20. The Hall–Kier alpha value is -0.170. The average molecular weight is 528 g/mol. The Kier molecular flexibility index (Phi) is 10.8. The molecule has 190 valence electrons. The maximum absolute atomic E-state index is 13.6. The molecule has 1 N–H and O–H groups in total. The average Bonchev–Trinajstić information content (AvgIpc) is 2.61. The van der Waals surface area contributed by atoms with E-state index in [1.54, 1.807) is 20.8 Å². The minimum absolute atomic E-state index is 0.0164. The number of aliphatic hydroxyl groups excluding tert-OH is 1. The fraction of sp³-hybridized carbons (Fsp3) is 1.00. The Morgan fingerprint density at radius 2 is 0.968 bits per heavy atom. The van der Waals surface area contributed by atoms with E-state index in [0.29, 0.717) is 0 Å². The van der Waals surface area contributed by atoms with E-state index in [1.165, 1.54) is 0 Å². The van der Waals surface area contributed by atoms with Gasteiger partial charge in [-0.1, -0.05) is 0 Å². The summed E-state index contributed by atoms with van der Waals surface area (Å²) in [5.41, 5.74) is -12.5. The van der Waals surface area contributed by atoms with Crippen molar-refractivity contribution in [2.24, 2.45) is 0 Å². The van der Waals surface area contributed by atoms with Crippen molar-refractivity contribution >= 4 is 26.8 Å². The van der Waals surface area contributed by atoms with Crippen molar-refractivity contribution in [2.75, 3.05) is 31.3 Å². The quantitative estimate of drug-likeness (QED) is 0.258. The molecule has 0 aromatic rings. The molecule has 0 aromatic carbocycles. The number of hydrogen-bond acceptors (Lipinski definition) is 5. The molecule has 6 nitrogen and oxygen atoms in total. The van der Waals surface area contributed by atoms with Crippen LogP contribution in [0, 0.1) is 0 Å². The Labute approximate surface area is 180 Å². The van der Waals surface area contributed by atoms with Crippen LogP contribution in [0.4, 0.5) is 26.3 Å². The first-order valence-corrected chi connectivity index (χ1v) is 15.8. The molecular weight excluding hydrogens is 495 g/mol. The molecule has 0 aliphatic heterocycles. The summed E-state index contributed by atoms with van der Waals surface area (Å²) in [6, 6.07) is 0. The van der Waals surface area contributed by atoms with Crippen LogP contribution < -0.4 is 0 Å². The summed E-state index contributed by atoms with van der Waals surface area (Å²) < 4.78 is 131. The molecule has 0 unspecified atom stereocenters. The normalized spacial score (nSPS) is 15.8. The molecule has 0 heterocycles. The van der Waals surface area contributed by atoms with Gasteiger partial charge >= 0.3 is 180 Å². The van der Waals surface area contributed by atoms with Crippen molar-refractivity contribution in [2.45, 2.75) is 70.3 Å². The summed E-state index contributed by atoms with van der Waals surface area (Å²) in [5, 5.41) is 9.70. The fourth-order valence-corrected chi connectivity index (χ4v) is 19.0. The van der Waals surface area contributed by atoms with Crippen LogP contribution in [0.1, 0.15) is 59.3 Å². The van der Waals surface area contributed by atoms with Gasteiger partial charge in [-0.05, 0) is 0 Å². The van der Waals surface area contributed by atoms with Crippen molar-refractivity contribution in [3.8, 4) is 0 Å². The van der Waals surface area contributed by atoms with Gasteiger partial charge in [-0.25, -0.2) is 0 Å². The predicted molar refractivity (Wildman–Crippen MR) is 110 cm³/mol. The van der Waals surface area contributed by atoms with Crippen LogP contribution in [0.15, 0.2) is 0 Å². The Balaban J connectivity index is 7.74. The Bertz CT molecular complexity index is 715. The number of aliphatic hydroxyl groups is 1. The van der Waals surface area contributed by atoms with Crippen molar-refractivity contribution < 1.29 is 48.3 Å². The third-order valence-corrected chi connectivity index (χ3v) is 19.3. The van der Waals surface area contributed by atoms with Crippen molar-refractivity contribution in [1.29, 1.82) is 0 Å². The van der Waals surface area contributed by atoms with E-state index in [2.05, 4.69) is 0 Å². The second kappa shape index (κ2) is 10.8. The van der Waals surface area contributed by atoms with Crippen LogP contribution >= 0.6 is 6.75 Å².